The van der Waals surface area contributed by atoms with E-state index in [1.54, 1.807) is 12.1 Å². The summed E-state index contributed by atoms with van der Waals surface area (Å²) < 4.78 is 10.5. The summed E-state index contributed by atoms with van der Waals surface area (Å²) in [5.41, 5.74) is 0.555. The van der Waals surface area contributed by atoms with Gasteiger partial charge in [0.05, 0.1) is 28.9 Å². The molecule has 8 nitrogen and oxygen atoms in total. The molecule has 0 aliphatic heterocycles. The number of nitrogens with zero attached hydrogens (tertiary/aromatic N) is 1. The lowest BCUT2D eigenvalue weighted by Crippen LogP contribution is -2.36. The number of rotatable bonds is 8. The van der Waals surface area contributed by atoms with E-state index >= 15 is 0 Å². The van der Waals surface area contributed by atoms with E-state index in [4.69, 9.17) is 9.15 Å². The van der Waals surface area contributed by atoms with Crippen LogP contribution < -0.4 is 10.6 Å². The van der Waals surface area contributed by atoms with Crippen LogP contribution in [-0.2, 0) is 16.0 Å². The third kappa shape index (κ3) is 5.05. The fourth-order valence-corrected chi connectivity index (χ4v) is 3.82. The predicted octanol–water partition coefficient (Wildman–Crippen LogP) is 2.66. The van der Waals surface area contributed by atoms with Gasteiger partial charge in [-0.2, -0.15) is 0 Å². The number of Topliss-reactive ketones (excluding diaryl/α,β-unsaturated/α-hetero) is 1. The summed E-state index contributed by atoms with van der Waals surface area (Å²) in [5.74, 6) is -0.986. The van der Waals surface area contributed by atoms with E-state index in [1.165, 1.54) is 6.26 Å². The summed E-state index contributed by atoms with van der Waals surface area (Å²) in [6.45, 7) is 5.01. The van der Waals surface area contributed by atoms with E-state index in [-0.39, 0.29) is 30.0 Å². The summed E-state index contributed by atoms with van der Waals surface area (Å²) >= 11 is 1.13. The summed E-state index contributed by atoms with van der Waals surface area (Å²) in [7, 11) is 0. The average Bonchev–Trinajstić information content (AvgIpc) is 3.30. The highest BCUT2D eigenvalue weighted by Gasteiger charge is 2.33. The number of hydrogen-bond donors (Lipinski definition) is 2. The molecule has 2 aromatic heterocycles. The Morgan fingerprint density at radius 2 is 2.21 bits per heavy atom. The Bertz CT molecular complexity index is 844. The summed E-state index contributed by atoms with van der Waals surface area (Å²) in [4.78, 5) is 41.7. The topological polar surface area (TPSA) is 111 Å². The molecule has 1 atom stereocenters. The number of amides is 2. The van der Waals surface area contributed by atoms with Crippen molar-refractivity contribution in [3.05, 3.63) is 34.7 Å². The first-order valence-corrected chi connectivity index (χ1v) is 10.0. The number of hydrogen-bond acceptors (Lipinski definition) is 7. The molecule has 0 fully saturated rings. The highest BCUT2D eigenvalue weighted by Crippen LogP contribution is 2.32. The highest BCUT2D eigenvalue weighted by atomic mass is 32.1. The molecule has 2 amide bonds. The van der Waals surface area contributed by atoms with Gasteiger partial charge < -0.3 is 14.5 Å². The third-order valence-electron chi connectivity index (χ3n) is 4.23. The molecule has 150 valence electrons. The predicted molar refractivity (Wildman–Crippen MR) is 104 cm³/mol. The Balaban J connectivity index is 1.55. The van der Waals surface area contributed by atoms with Crippen molar-refractivity contribution in [2.75, 3.05) is 18.5 Å². The number of anilines is 1. The van der Waals surface area contributed by atoms with Gasteiger partial charge in [0.15, 0.2) is 16.7 Å². The van der Waals surface area contributed by atoms with Crippen LogP contribution >= 0.6 is 11.3 Å². The van der Waals surface area contributed by atoms with Crippen LogP contribution in [0.4, 0.5) is 5.13 Å². The van der Waals surface area contributed by atoms with E-state index in [1.807, 2.05) is 13.8 Å². The quantitative estimate of drug-likeness (QED) is 0.653. The zero-order valence-corrected chi connectivity index (χ0v) is 16.6. The Morgan fingerprint density at radius 1 is 1.39 bits per heavy atom. The van der Waals surface area contributed by atoms with Crippen molar-refractivity contribution in [3.8, 4) is 0 Å². The monoisotopic (exact) mass is 405 g/mol. The maximum atomic E-state index is 12.4. The maximum Gasteiger partial charge on any atom is 0.293 e. The van der Waals surface area contributed by atoms with Crippen LogP contribution in [-0.4, -0.2) is 41.8 Å². The van der Waals surface area contributed by atoms with Crippen LogP contribution in [0, 0.1) is 5.92 Å². The minimum absolute atomic E-state index is 0.125. The number of fused-ring (bicyclic) bond motifs is 1. The molecular formula is C19H23N3O5S. The van der Waals surface area contributed by atoms with Gasteiger partial charge in [-0.3, -0.25) is 19.7 Å². The number of nitrogens with one attached hydrogen (secondary N) is 2. The number of furan rings is 1. The van der Waals surface area contributed by atoms with Crippen LogP contribution in [0.5, 0.6) is 0 Å². The first-order chi connectivity index (χ1) is 13.4. The van der Waals surface area contributed by atoms with E-state index in [0.717, 1.165) is 17.8 Å². The van der Waals surface area contributed by atoms with Crippen LogP contribution in [0.15, 0.2) is 22.8 Å². The lowest BCUT2D eigenvalue weighted by atomic mass is 9.89. The van der Waals surface area contributed by atoms with Crippen LogP contribution in [0.2, 0.25) is 0 Å². The Hall–Kier alpha value is -2.52. The molecule has 28 heavy (non-hydrogen) atoms. The molecule has 0 saturated carbocycles. The number of ketones is 1. The normalized spacial score (nSPS) is 16.1. The number of thiazole rings is 1. The zero-order valence-electron chi connectivity index (χ0n) is 15.8. The molecule has 2 heterocycles. The second kappa shape index (κ2) is 9.11. The largest absolute Gasteiger partial charge is 0.459 e. The fraction of sp³-hybridized carbons (Fsp3) is 0.474. The van der Waals surface area contributed by atoms with Crippen LogP contribution in [0.1, 0.15) is 52.6 Å². The first-order valence-electron chi connectivity index (χ1n) is 9.21. The number of ether oxygens (including phenoxy) is 1. The molecule has 0 saturated heterocycles. The van der Waals surface area contributed by atoms with Crippen molar-refractivity contribution in [2.45, 2.75) is 39.2 Å². The number of aromatic nitrogens is 1. The van der Waals surface area contributed by atoms with Crippen LogP contribution in [0.25, 0.3) is 0 Å². The molecule has 2 N–H and O–H groups in total. The molecule has 0 aromatic carbocycles. The van der Waals surface area contributed by atoms with Gasteiger partial charge in [0, 0.05) is 26.0 Å². The highest BCUT2D eigenvalue weighted by molar-refractivity contribution is 7.17. The lowest BCUT2D eigenvalue weighted by molar-refractivity contribution is -0.125. The molecule has 2 aromatic rings. The van der Waals surface area contributed by atoms with Gasteiger partial charge in [0.25, 0.3) is 5.91 Å². The Morgan fingerprint density at radius 3 is 2.93 bits per heavy atom. The smallest absolute Gasteiger partial charge is 0.293 e. The molecule has 0 spiro atoms. The van der Waals surface area contributed by atoms with Crippen LogP contribution in [0.3, 0.4) is 0 Å². The summed E-state index contributed by atoms with van der Waals surface area (Å²) in [5, 5.41) is 5.81. The maximum absolute atomic E-state index is 12.4. The Labute approximate surface area is 166 Å². The van der Waals surface area contributed by atoms with Gasteiger partial charge in [-0.1, -0.05) is 11.3 Å². The van der Waals surface area contributed by atoms with Gasteiger partial charge >= 0.3 is 0 Å². The first kappa shape index (κ1) is 20.2. The van der Waals surface area contributed by atoms with Crippen molar-refractivity contribution in [1.29, 1.82) is 0 Å². The number of carbonyl (C=O) groups is 3. The summed E-state index contributed by atoms with van der Waals surface area (Å²) in [6.07, 6.45) is 2.81. The Kier molecular flexibility index (Phi) is 6.58. The minimum atomic E-state index is -0.443. The van der Waals surface area contributed by atoms with Gasteiger partial charge in [-0.15, -0.1) is 0 Å². The van der Waals surface area contributed by atoms with E-state index < -0.39 is 11.8 Å². The van der Waals surface area contributed by atoms with Crippen molar-refractivity contribution < 1.29 is 23.5 Å². The SMILES string of the molecule is CC(C)OCCCNC(=O)C1CC(=O)c2sc(NC(=O)c3ccco3)nc2C1. The second-order valence-electron chi connectivity index (χ2n) is 6.82. The zero-order chi connectivity index (χ0) is 20.1. The molecule has 3 rings (SSSR count). The molecule has 9 heteroatoms. The fourth-order valence-electron chi connectivity index (χ4n) is 2.88. The number of carbonyl (C=O) groups excluding carboxylic acids is 3. The van der Waals surface area contributed by atoms with Crippen molar-refractivity contribution >= 4 is 34.1 Å². The van der Waals surface area contributed by atoms with E-state index in [9.17, 15) is 14.4 Å². The third-order valence-corrected chi connectivity index (χ3v) is 5.28. The molecular weight excluding hydrogens is 382 g/mol. The van der Waals surface area contributed by atoms with Crippen molar-refractivity contribution in [1.82, 2.24) is 10.3 Å². The average molecular weight is 405 g/mol. The second-order valence-corrected chi connectivity index (χ2v) is 7.82. The minimum Gasteiger partial charge on any atom is -0.459 e. The van der Waals surface area contributed by atoms with Crippen molar-refractivity contribution in [3.63, 3.8) is 0 Å². The molecule has 0 bridgehead atoms. The molecule has 0 radical (unpaired) electrons. The lowest BCUT2D eigenvalue weighted by Gasteiger charge is -2.19. The van der Waals surface area contributed by atoms with Gasteiger partial charge in [-0.05, 0) is 32.4 Å². The van der Waals surface area contributed by atoms with Crippen molar-refractivity contribution in [2.24, 2.45) is 5.92 Å². The summed E-state index contributed by atoms with van der Waals surface area (Å²) in [6, 6.07) is 3.16. The van der Waals surface area contributed by atoms with Gasteiger partial charge in [0.2, 0.25) is 5.91 Å². The standard InChI is InChI=1S/C19H23N3O5S/c1-11(2)26-8-4-6-20-17(24)12-9-13-16(14(23)10-12)28-19(21-13)22-18(25)15-5-3-7-27-15/h3,5,7,11-12H,4,6,8-10H2,1-2H3,(H,20,24)(H,21,22,25). The molecule has 1 unspecified atom stereocenters. The van der Waals surface area contributed by atoms with E-state index in [2.05, 4.69) is 15.6 Å². The van der Waals surface area contributed by atoms with Gasteiger partial charge in [0.1, 0.15) is 0 Å². The van der Waals surface area contributed by atoms with Gasteiger partial charge in [-0.25, -0.2) is 4.98 Å². The van der Waals surface area contributed by atoms with E-state index in [0.29, 0.717) is 35.3 Å². The molecule has 1 aliphatic rings. The molecule has 1 aliphatic carbocycles.